The van der Waals surface area contributed by atoms with E-state index in [9.17, 15) is 9.59 Å². The van der Waals surface area contributed by atoms with Crippen LogP contribution in [-0.4, -0.2) is 41.5 Å². The van der Waals surface area contributed by atoms with Crippen LogP contribution in [0.1, 0.15) is 37.7 Å². The molecule has 37 heavy (non-hydrogen) atoms. The summed E-state index contributed by atoms with van der Waals surface area (Å²) in [5, 5.41) is 4.71. The number of carbonyl (C=O) groups excluding carboxylic acids is 1. The minimum atomic E-state index is -0.0677. The van der Waals surface area contributed by atoms with Gasteiger partial charge in [0.1, 0.15) is 4.70 Å². The SMILES string of the molecule is COc1ccc(CCn2c(SCC(=O)NC3CCCCC3)nc3c(sc4ccccc43)c2=O)cc1OC. The first-order chi connectivity index (χ1) is 18.1. The maximum absolute atomic E-state index is 13.7. The first-order valence-corrected chi connectivity index (χ1v) is 14.4. The Balaban J connectivity index is 1.43. The number of carbonyl (C=O) groups is 1. The topological polar surface area (TPSA) is 82.5 Å². The van der Waals surface area contributed by atoms with Crippen LogP contribution in [0.3, 0.4) is 0 Å². The number of rotatable bonds is 9. The lowest BCUT2D eigenvalue weighted by atomic mass is 9.95. The van der Waals surface area contributed by atoms with Crippen LogP contribution in [0.5, 0.6) is 11.5 Å². The molecule has 1 amide bonds. The average Bonchev–Trinajstić information content (AvgIpc) is 3.31. The number of hydrogen-bond acceptors (Lipinski definition) is 7. The minimum absolute atomic E-state index is 0.00661. The van der Waals surface area contributed by atoms with Crippen molar-refractivity contribution in [2.24, 2.45) is 0 Å². The Labute approximate surface area is 224 Å². The van der Waals surface area contributed by atoms with Crippen molar-refractivity contribution in [1.82, 2.24) is 14.9 Å². The van der Waals surface area contributed by atoms with Crippen LogP contribution in [0.4, 0.5) is 0 Å². The van der Waals surface area contributed by atoms with Gasteiger partial charge in [0.05, 0.1) is 25.5 Å². The highest BCUT2D eigenvalue weighted by molar-refractivity contribution is 7.99. The van der Waals surface area contributed by atoms with Gasteiger partial charge in [-0.2, -0.15) is 0 Å². The molecule has 194 valence electrons. The highest BCUT2D eigenvalue weighted by atomic mass is 32.2. The molecule has 0 unspecified atom stereocenters. The van der Waals surface area contributed by atoms with Crippen molar-refractivity contribution in [2.75, 3.05) is 20.0 Å². The van der Waals surface area contributed by atoms with Gasteiger partial charge in [-0.3, -0.25) is 14.2 Å². The summed E-state index contributed by atoms with van der Waals surface area (Å²) in [5.41, 5.74) is 1.66. The molecule has 2 heterocycles. The number of nitrogens with zero attached hydrogens (tertiary/aromatic N) is 2. The number of hydrogen-bond donors (Lipinski definition) is 1. The van der Waals surface area contributed by atoms with Crippen LogP contribution in [0, 0.1) is 0 Å². The quantitative estimate of drug-likeness (QED) is 0.227. The van der Waals surface area contributed by atoms with Gasteiger partial charge in [0, 0.05) is 22.7 Å². The van der Waals surface area contributed by atoms with Gasteiger partial charge in [-0.05, 0) is 43.0 Å². The third kappa shape index (κ3) is 5.62. The number of thioether (sulfide) groups is 1. The van der Waals surface area contributed by atoms with Crippen LogP contribution in [0.2, 0.25) is 0 Å². The number of nitrogens with one attached hydrogen (secondary N) is 1. The van der Waals surface area contributed by atoms with Crippen LogP contribution in [0.25, 0.3) is 20.3 Å². The third-order valence-electron chi connectivity index (χ3n) is 6.82. The van der Waals surface area contributed by atoms with Gasteiger partial charge in [-0.25, -0.2) is 4.98 Å². The Bertz CT molecular complexity index is 1470. The van der Waals surface area contributed by atoms with Crippen LogP contribution in [0.15, 0.2) is 52.4 Å². The summed E-state index contributed by atoms with van der Waals surface area (Å²) in [6, 6.07) is 14.0. The summed E-state index contributed by atoms with van der Waals surface area (Å²) in [4.78, 5) is 31.4. The van der Waals surface area contributed by atoms with Crippen molar-refractivity contribution in [1.29, 1.82) is 0 Å². The van der Waals surface area contributed by atoms with Crippen molar-refractivity contribution >= 4 is 49.3 Å². The predicted octanol–water partition coefficient (Wildman–Crippen LogP) is 5.41. The predicted molar refractivity (Wildman–Crippen MR) is 150 cm³/mol. The smallest absolute Gasteiger partial charge is 0.272 e. The molecule has 9 heteroatoms. The molecule has 0 aliphatic heterocycles. The molecule has 0 saturated heterocycles. The molecule has 2 aromatic heterocycles. The van der Waals surface area contributed by atoms with Gasteiger partial charge in [0.15, 0.2) is 16.7 Å². The highest BCUT2D eigenvalue weighted by Crippen LogP contribution is 2.32. The standard InChI is InChI=1S/C28H31N3O4S2/c1-34-21-13-12-18(16-22(21)35-2)14-15-31-27(33)26-25(20-10-6-7-11-23(20)37-26)30-28(31)36-17-24(32)29-19-8-4-3-5-9-19/h6-7,10-13,16,19H,3-5,8-9,14-15,17H2,1-2H3,(H,29,32). The second-order valence-electron chi connectivity index (χ2n) is 9.26. The molecule has 1 aliphatic carbocycles. The zero-order valence-electron chi connectivity index (χ0n) is 21.1. The largest absolute Gasteiger partial charge is 0.493 e. The van der Waals surface area contributed by atoms with E-state index in [2.05, 4.69) is 5.32 Å². The molecule has 5 rings (SSSR count). The van der Waals surface area contributed by atoms with Crippen molar-refractivity contribution in [3.05, 3.63) is 58.4 Å². The van der Waals surface area contributed by atoms with Gasteiger partial charge in [0.2, 0.25) is 5.91 Å². The molecule has 1 fully saturated rings. The number of aryl methyl sites for hydroxylation is 1. The maximum Gasteiger partial charge on any atom is 0.272 e. The number of fused-ring (bicyclic) bond motifs is 3. The highest BCUT2D eigenvalue weighted by Gasteiger charge is 2.19. The van der Waals surface area contributed by atoms with Gasteiger partial charge in [0.25, 0.3) is 5.56 Å². The first-order valence-electron chi connectivity index (χ1n) is 12.6. The Hall–Kier alpha value is -3.04. The van der Waals surface area contributed by atoms with E-state index in [0.717, 1.165) is 41.3 Å². The summed E-state index contributed by atoms with van der Waals surface area (Å²) < 4.78 is 14.2. The van der Waals surface area contributed by atoms with E-state index < -0.39 is 0 Å². The summed E-state index contributed by atoms with van der Waals surface area (Å²) in [5.74, 6) is 1.54. The molecular formula is C28H31N3O4S2. The van der Waals surface area contributed by atoms with Gasteiger partial charge >= 0.3 is 0 Å². The number of thiophene rings is 1. The van der Waals surface area contributed by atoms with Crippen molar-refractivity contribution < 1.29 is 14.3 Å². The molecule has 2 aromatic carbocycles. The Morgan fingerprint density at radius 1 is 1.11 bits per heavy atom. The van der Waals surface area contributed by atoms with E-state index in [1.54, 1.807) is 18.8 Å². The van der Waals surface area contributed by atoms with E-state index in [0.29, 0.717) is 39.8 Å². The van der Waals surface area contributed by atoms with Crippen LogP contribution in [-0.2, 0) is 17.8 Å². The van der Waals surface area contributed by atoms with E-state index >= 15 is 0 Å². The van der Waals surface area contributed by atoms with Crippen LogP contribution >= 0.6 is 23.1 Å². The van der Waals surface area contributed by atoms with E-state index in [1.165, 1.54) is 29.5 Å². The Morgan fingerprint density at radius 3 is 2.68 bits per heavy atom. The summed E-state index contributed by atoms with van der Waals surface area (Å²) in [6.45, 7) is 0.443. The fourth-order valence-electron chi connectivity index (χ4n) is 4.88. The van der Waals surface area contributed by atoms with Gasteiger partial charge in [-0.15, -0.1) is 11.3 Å². The average molecular weight is 538 g/mol. The van der Waals surface area contributed by atoms with E-state index in [4.69, 9.17) is 14.5 Å². The minimum Gasteiger partial charge on any atom is -0.493 e. The molecular weight excluding hydrogens is 506 g/mol. The number of amides is 1. The van der Waals surface area contributed by atoms with Crippen LogP contribution < -0.4 is 20.3 Å². The molecule has 0 atom stereocenters. The molecule has 0 bridgehead atoms. The number of ether oxygens (including phenoxy) is 2. The molecule has 4 aromatic rings. The fraction of sp³-hybridized carbons (Fsp3) is 0.393. The van der Waals surface area contributed by atoms with E-state index in [1.807, 2.05) is 42.5 Å². The first kappa shape index (κ1) is 25.6. The molecule has 0 spiro atoms. The maximum atomic E-state index is 13.7. The lowest BCUT2D eigenvalue weighted by molar-refractivity contribution is -0.119. The molecule has 1 aliphatic rings. The summed E-state index contributed by atoms with van der Waals surface area (Å²) in [6.07, 6.45) is 6.26. The second-order valence-corrected chi connectivity index (χ2v) is 11.3. The summed E-state index contributed by atoms with van der Waals surface area (Å²) in [7, 11) is 3.22. The van der Waals surface area contributed by atoms with E-state index in [-0.39, 0.29) is 23.3 Å². The molecule has 0 radical (unpaired) electrons. The normalized spacial score (nSPS) is 14.2. The zero-order valence-corrected chi connectivity index (χ0v) is 22.8. The Morgan fingerprint density at radius 2 is 1.89 bits per heavy atom. The molecule has 1 N–H and O–H groups in total. The monoisotopic (exact) mass is 537 g/mol. The fourth-order valence-corrected chi connectivity index (χ4v) is 6.80. The lowest BCUT2D eigenvalue weighted by Gasteiger charge is -2.22. The van der Waals surface area contributed by atoms with Crippen molar-refractivity contribution in [3.63, 3.8) is 0 Å². The second kappa shape index (κ2) is 11.6. The van der Waals surface area contributed by atoms with Crippen molar-refractivity contribution in [3.8, 4) is 11.5 Å². The van der Waals surface area contributed by atoms with Crippen molar-refractivity contribution in [2.45, 2.75) is 56.3 Å². The lowest BCUT2D eigenvalue weighted by Crippen LogP contribution is -2.37. The van der Waals surface area contributed by atoms with Gasteiger partial charge in [-0.1, -0.05) is 55.3 Å². The zero-order chi connectivity index (χ0) is 25.8. The Kier molecular flexibility index (Phi) is 8.00. The third-order valence-corrected chi connectivity index (χ3v) is 8.95. The number of benzene rings is 2. The number of aromatic nitrogens is 2. The molecule has 1 saturated carbocycles. The van der Waals surface area contributed by atoms with Gasteiger partial charge < -0.3 is 14.8 Å². The number of methoxy groups -OCH3 is 2. The summed E-state index contributed by atoms with van der Waals surface area (Å²) >= 11 is 2.80. The molecule has 7 nitrogen and oxygen atoms in total.